The Labute approximate surface area is 122 Å². The molecule has 0 radical (unpaired) electrons. The van der Waals surface area contributed by atoms with Gasteiger partial charge in [0.1, 0.15) is 18.0 Å². The average molecular weight is 307 g/mol. The highest BCUT2D eigenvalue weighted by Crippen LogP contribution is 2.36. The Morgan fingerprint density at radius 1 is 1.37 bits per heavy atom. The number of ether oxygens (including phenoxy) is 3. The van der Waals surface area contributed by atoms with Crippen LogP contribution in [-0.4, -0.2) is 37.6 Å². The van der Waals surface area contributed by atoms with Gasteiger partial charge in [-0.1, -0.05) is 23.2 Å². The second kappa shape index (κ2) is 6.77. The van der Waals surface area contributed by atoms with Gasteiger partial charge >= 0.3 is 0 Å². The smallest absolute Gasteiger partial charge is 0.139 e. The molecule has 0 bridgehead atoms. The molecule has 2 unspecified atom stereocenters. The summed E-state index contributed by atoms with van der Waals surface area (Å²) in [6.45, 7) is 3.70. The monoisotopic (exact) mass is 306 g/mol. The van der Waals surface area contributed by atoms with Crippen LogP contribution >= 0.6 is 23.2 Å². The van der Waals surface area contributed by atoms with Crippen LogP contribution in [0.1, 0.15) is 18.6 Å². The van der Waals surface area contributed by atoms with Crippen molar-refractivity contribution in [3.05, 3.63) is 27.7 Å². The van der Waals surface area contributed by atoms with E-state index in [1.165, 1.54) is 0 Å². The van der Waals surface area contributed by atoms with Gasteiger partial charge < -0.3 is 19.3 Å². The van der Waals surface area contributed by atoms with Gasteiger partial charge in [0.25, 0.3) is 0 Å². The number of benzene rings is 1. The van der Waals surface area contributed by atoms with E-state index < -0.39 is 12.2 Å². The standard InChI is InChI=1S/C13H16Cl2O4/c1-2-18-11-6-9(14)8(5-10(11)15)13(16)12-7-17-3-4-19-12/h5-6,12-13,16H,2-4,7H2,1H3. The Morgan fingerprint density at radius 3 is 2.79 bits per heavy atom. The van der Waals surface area contributed by atoms with E-state index in [1.54, 1.807) is 12.1 Å². The minimum atomic E-state index is -0.874. The molecule has 0 spiro atoms. The third-order valence-electron chi connectivity index (χ3n) is 2.86. The van der Waals surface area contributed by atoms with Crippen LogP contribution in [0.5, 0.6) is 5.75 Å². The molecule has 1 N–H and O–H groups in total. The van der Waals surface area contributed by atoms with Crippen molar-refractivity contribution in [2.24, 2.45) is 0 Å². The third kappa shape index (κ3) is 3.52. The fourth-order valence-electron chi connectivity index (χ4n) is 1.93. The summed E-state index contributed by atoms with van der Waals surface area (Å²) in [6, 6.07) is 3.22. The molecule has 1 fully saturated rings. The molecule has 1 aromatic carbocycles. The summed E-state index contributed by atoms with van der Waals surface area (Å²) < 4.78 is 16.1. The van der Waals surface area contributed by atoms with Gasteiger partial charge in [0, 0.05) is 11.6 Å². The molecule has 1 aromatic rings. The maximum absolute atomic E-state index is 10.3. The van der Waals surface area contributed by atoms with Crippen LogP contribution in [0.4, 0.5) is 0 Å². The molecule has 1 aliphatic rings. The van der Waals surface area contributed by atoms with Crippen molar-refractivity contribution in [1.82, 2.24) is 0 Å². The Bertz CT molecular complexity index is 433. The van der Waals surface area contributed by atoms with Crippen LogP contribution in [0.15, 0.2) is 12.1 Å². The van der Waals surface area contributed by atoms with Crippen LogP contribution in [0.2, 0.25) is 10.0 Å². The number of aliphatic hydroxyl groups is 1. The average Bonchev–Trinajstić information content (AvgIpc) is 2.43. The van der Waals surface area contributed by atoms with E-state index in [1.807, 2.05) is 6.92 Å². The van der Waals surface area contributed by atoms with Crippen molar-refractivity contribution in [2.45, 2.75) is 19.1 Å². The largest absolute Gasteiger partial charge is 0.492 e. The van der Waals surface area contributed by atoms with Crippen molar-refractivity contribution < 1.29 is 19.3 Å². The molecule has 106 valence electrons. The third-order valence-corrected chi connectivity index (χ3v) is 3.49. The zero-order valence-corrected chi connectivity index (χ0v) is 12.1. The molecule has 6 heteroatoms. The molecule has 2 atom stereocenters. The first-order valence-electron chi connectivity index (χ1n) is 6.12. The van der Waals surface area contributed by atoms with Gasteiger partial charge in [-0.3, -0.25) is 0 Å². The van der Waals surface area contributed by atoms with E-state index in [-0.39, 0.29) is 0 Å². The summed E-state index contributed by atoms with van der Waals surface area (Å²) in [5.41, 5.74) is 0.519. The van der Waals surface area contributed by atoms with Gasteiger partial charge in [-0.2, -0.15) is 0 Å². The van der Waals surface area contributed by atoms with Crippen LogP contribution in [0.25, 0.3) is 0 Å². The molecule has 1 saturated heterocycles. The van der Waals surface area contributed by atoms with E-state index in [4.69, 9.17) is 37.4 Å². The molecule has 1 heterocycles. The summed E-state index contributed by atoms with van der Waals surface area (Å²) in [5, 5.41) is 11.1. The molecule has 0 amide bonds. The second-order valence-corrected chi connectivity index (χ2v) is 4.98. The number of hydrogen-bond donors (Lipinski definition) is 1. The van der Waals surface area contributed by atoms with Crippen LogP contribution < -0.4 is 4.74 Å². The number of hydrogen-bond acceptors (Lipinski definition) is 4. The minimum absolute atomic E-state index is 0.336. The minimum Gasteiger partial charge on any atom is -0.492 e. The predicted molar refractivity (Wildman–Crippen MR) is 73.1 cm³/mol. The molecule has 19 heavy (non-hydrogen) atoms. The van der Waals surface area contributed by atoms with E-state index in [2.05, 4.69) is 0 Å². The van der Waals surface area contributed by atoms with Gasteiger partial charge in [0.15, 0.2) is 0 Å². The lowest BCUT2D eigenvalue weighted by atomic mass is 10.0. The lowest BCUT2D eigenvalue weighted by Crippen LogP contribution is -2.33. The maximum Gasteiger partial charge on any atom is 0.139 e. The van der Waals surface area contributed by atoms with Crippen LogP contribution in [0, 0.1) is 0 Å². The van der Waals surface area contributed by atoms with Gasteiger partial charge in [0.05, 0.1) is 36.5 Å². The zero-order valence-electron chi connectivity index (χ0n) is 10.6. The van der Waals surface area contributed by atoms with Crippen molar-refractivity contribution >= 4 is 23.2 Å². The first-order chi connectivity index (χ1) is 9.13. The van der Waals surface area contributed by atoms with Crippen molar-refractivity contribution in [3.8, 4) is 5.75 Å². The quantitative estimate of drug-likeness (QED) is 0.929. The van der Waals surface area contributed by atoms with E-state index in [0.29, 0.717) is 47.8 Å². The summed E-state index contributed by atoms with van der Waals surface area (Å²) in [6.07, 6.45) is -1.30. The first kappa shape index (κ1) is 14.9. The molecular formula is C13H16Cl2O4. The molecule has 1 aliphatic heterocycles. The normalized spacial score (nSPS) is 21.2. The lowest BCUT2D eigenvalue weighted by Gasteiger charge is -2.28. The number of halogens is 2. The van der Waals surface area contributed by atoms with Crippen LogP contribution in [0.3, 0.4) is 0 Å². The van der Waals surface area contributed by atoms with Gasteiger partial charge in [-0.05, 0) is 13.0 Å². The van der Waals surface area contributed by atoms with Crippen molar-refractivity contribution in [2.75, 3.05) is 26.4 Å². The van der Waals surface area contributed by atoms with Gasteiger partial charge in [-0.25, -0.2) is 0 Å². The topological polar surface area (TPSA) is 47.9 Å². The van der Waals surface area contributed by atoms with E-state index in [0.717, 1.165) is 0 Å². The highest BCUT2D eigenvalue weighted by molar-refractivity contribution is 6.34. The highest BCUT2D eigenvalue weighted by atomic mass is 35.5. The van der Waals surface area contributed by atoms with E-state index in [9.17, 15) is 5.11 Å². The molecule has 2 rings (SSSR count). The Kier molecular flexibility index (Phi) is 5.30. The summed E-state index contributed by atoms with van der Waals surface area (Å²) in [7, 11) is 0. The second-order valence-electron chi connectivity index (χ2n) is 4.17. The van der Waals surface area contributed by atoms with Crippen molar-refractivity contribution in [3.63, 3.8) is 0 Å². The molecule has 0 aliphatic carbocycles. The summed E-state index contributed by atoms with van der Waals surface area (Å²) in [5.74, 6) is 0.505. The molecule has 4 nitrogen and oxygen atoms in total. The Balaban J connectivity index is 2.21. The molecular weight excluding hydrogens is 291 g/mol. The molecule has 0 aromatic heterocycles. The van der Waals surface area contributed by atoms with Gasteiger partial charge in [-0.15, -0.1) is 0 Å². The number of aliphatic hydroxyl groups excluding tert-OH is 1. The van der Waals surface area contributed by atoms with Crippen molar-refractivity contribution in [1.29, 1.82) is 0 Å². The SMILES string of the molecule is CCOc1cc(Cl)c(C(O)C2COCCO2)cc1Cl. The first-order valence-corrected chi connectivity index (χ1v) is 6.88. The van der Waals surface area contributed by atoms with Crippen LogP contribution in [-0.2, 0) is 9.47 Å². The lowest BCUT2D eigenvalue weighted by molar-refractivity contribution is -0.133. The Hall–Kier alpha value is -0.520. The predicted octanol–water partition coefficient (Wildman–Crippen LogP) is 2.84. The maximum atomic E-state index is 10.3. The zero-order chi connectivity index (χ0) is 13.8. The van der Waals surface area contributed by atoms with Gasteiger partial charge in [0.2, 0.25) is 0 Å². The molecule has 0 saturated carbocycles. The summed E-state index contributed by atoms with van der Waals surface area (Å²) >= 11 is 12.3. The fourth-order valence-corrected chi connectivity index (χ4v) is 2.42. The van der Waals surface area contributed by atoms with E-state index >= 15 is 0 Å². The Morgan fingerprint density at radius 2 is 2.16 bits per heavy atom. The highest BCUT2D eigenvalue weighted by Gasteiger charge is 2.27. The number of rotatable bonds is 4. The fraction of sp³-hybridized carbons (Fsp3) is 0.538. The summed E-state index contributed by atoms with van der Waals surface area (Å²) in [4.78, 5) is 0.